The number of aliphatic hydroxyl groups excluding tert-OH is 1. The topological polar surface area (TPSA) is 20.2 Å². The van der Waals surface area contributed by atoms with E-state index in [4.69, 9.17) is 5.11 Å². The summed E-state index contributed by atoms with van der Waals surface area (Å²) in [7, 11) is 4.44. The first-order valence-corrected chi connectivity index (χ1v) is 9.55. The fourth-order valence-corrected chi connectivity index (χ4v) is 2.94. The van der Waals surface area contributed by atoms with Gasteiger partial charge in [-0.3, -0.25) is 0 Å². The van der Waals surface area contributed by atoms with Crippen LogP contribution in [0.1, 0.15) is 90.4 Å². The minimum Gasteiger partial charge on any atom is -0.391 e. The Kier molecular flexibility index (Phi) is 14.8. The molecule has 0 spiro atoms. The van der Waals surface area contributed by atoms with E-state index >= 15 is 0 Å². The van der Waals surface area contributed by atoms with Gasteiger partial charge in [0.1, 0.15) is 6.54 Å². The van der Waals surface area contributed by atoms with E-state index in [1.165, 1.54) is 90.0 Å². The van der Waals surface area contributed by atoms with Crippen molar-refractivity contribution in [3.05, 3.63) is 0 Å². The molecule has 0 saturated heterocycles. The minimum absolute atomic E-state index is 0.311. The van der Waals surface area contributed by atoms with Crippen LogP contribution < -0.4 is 0 Å². The predicted octanol–water partition coefficient (Wildman–Crippen LogP) is 5.15. The summed E-state index contributed by atoms with van der Waals surface area (Å²) in [6, 6.07) is 0. The molecule has 0 aromatic rings. The molecule has 0 aliphatic rings. The fourth-order valence-electron chi connectivity index (χ4n) is 2.94. The summed E-state index contributed by atoms with van der Waals surface area (Å²) in [5, 5.41) is 8.99. The van der Waals surface area contributed by atoms with Crippen molar-refractivity contribution in [2.45, 2.75) is 90.4 Å². The Morgan fingerprint density at radius 3 is 1.33 bits per heavy atom. The summed E-state index contributed by atoms with van der Waals surface area (Å²) in [4.78, 5) is 0. The molecule has 2 nitrogen and oxygen atoms in total. The van der Waals surface area contributed by atoms with Crippen molar-refractivity contribution in [3.8, 4) is 0 Å². The number of unbranched alkanes of at least 4 members (excludes halogenated alkanes) is 12. The van der Waals surface area contributed by atoms with Crippen LogP contribution in [0, 0.1) is 0 Å². The number of aliphatic hydroxyl groups is 1. The van der Waals surface area contributed by atoms with Gasteiger partial charge in [-0.15, -0.1) is 0 Å². The molecule has 21 heavy (non-hydrogen) atoms. The lowest BCUT2D eigenvalue weighted by molar-refractivity contribution is -0.890. The molecule has 1 N–H and O–H groups in total. The van der Waals surface area contributed by atoms with Crippen molar-refractivity contribution in [2.75, 3.05) is 33.8 Å². The molecule has 0 radical (unpaired) electrons. The molecule has 0 unspecified atom stereocenters. The molecule has 0 heterocycles. The molecule has 0 amide bonds. The van der Waals surface area contributed by atoms with Crippen molar-refractivity contribution in [1.29, 1.82) is 0 Å². The van der Waals surface area contributed by atoms with E-state index in [0.717, 1.165) is 11.0 Å². The molecule has 0 saturated carbocycles. The largest absolute Gasteiger partial charge is 0.391 e. The summed E-state index contributed by atoms with van der Waals surface area (Å²) >= 11 is 0. The first-order chi connectivity index (χ1) is 10.1. The van der Waals surface area contributed by atoms with E-state index in [2.05, 4.69) is 21.0 Å². The molecule has 0 aromatic carbocycles. The van der Waals surface area contributed by atoms with Gasteiger partial charge in [0.05, 0.1) is 27.2 Å². The van der Waals surface area contributed by atoms with Crippen molar-refractivity contribution >= 4 is 0 Å². The number of hydrogen-bond acceptors (Lipinski definition) is 1. The van der Waals surface area contributed by atoms with Crippen LogP contribution in [0.3, 0.4) is 0 Å². The quantitative estimate of drug-likeness (QED) is 0.309. The molecule has 2 heteroatoms. The van der Waals surface area contributed by atoms with Gasteiger partial charge >= 0.3 is 0 Å². The van der Waals surface area contributed by atoms with Gasteiger partial charge in [0.2, 0.25) is 0 Å². The molecule has 0 atom stereocenters. The molecule has 0 aliphatic heterocycles. The van der Waals surface area contributed by atoms with Gasteiger partial charge in [0.15, 0.2) is 0 Å². The summed E-state index contributed by atoms with van der Waals surface area (Å²) < 4.78 is 0.967. The monoisotopic (exact) mass is 300 g/mol. The van der Waals surface area contributed by atoms with Gasteiger partial charge in [-0.05, 0) is 12.8 Å². The van der Waals surface area contributed by atoms with Crippen LogP contribution >= 0.6 is 0 Å². The van der Waals surface area contributed by atoms with Crippen LogP contribution in [-0.2, 0) is 0 Å². The minimum atomic E-state index is 0.311. The molecular formula is C19H42NO+. The Bertz CT molecular complexity index is 204. The molecule has 0 aliphatic carbocycles. The Morgan fingerprint density at radius 1 is 0.571 bits per heavy atom. The van der Waals surface area contributed by atoms with E-state index in [1.807, 2.05) is 0 Å². The van der Waals surface area contributed by atoms with Crippen molar-refractivity contribution in [3.63, 3.8) is 0 Å². The normalized spacial score (nSPS) is 12.0. The van der Waals surface area contributed by atoms with Crippen LogP contribution in [0.5, 0.6) is 0 Å². The smallest absolute Gasteiger partial charge is 0.102 e. The van der Waals surface area contributed by atoms with Crippen LogP contribution in [-0.4, -0.2) is 43.4 Å². The maximum atomic E-state index is 8.99. The second kappa shape index (κ2) is 14.8. The van der Waals surface area contributed by atoms with E-state index in [-0.39, 0.29) is 0 Å². The zero-order valence-electron chi connectivity index (χ0n) is 15.2. The third-order valence-corrected chi connectivity index (χ3v) is 4.57. The highest BCUT2D eigenvalue weighted by atomic mass is 16.3. The first kappa shape index (κ1) is 20.9. The Hall–Kier alpha value is -0.0800. The average molecular weight is 301 g/mol. The predicted molar refractivity (Wildman–Crippen MR) is 94.6 cm³/mol. The number of rotatable bonds is 16. The molecule has 0 fully saturated rings. The second-order valence-electron chi connectivity index (χ2n) is 7.35. The van der Waals surface area contributed by atoms with Crippen LogP contribution in [0.4, 0.5) is 0 Å². The number of hydrogen-bond donors (Lipinski definition) is 1. The molecular weight excluding hydrogens is 258 g/mol. The highest BCUT2D eigenvalue weighted by Crippen LogP contribution is 2.13. The van der Waals surface area contributed by atoms with Crippen molar-refractivity contribution < 1.29 is 9.59 Å². The summed E-state index contributed by atoms with van der Waals surface area (Å²) in [6.07, 6.45) is 18.4. The second-order valence-corrected chi connectivity index (χ2v) is 7.35. The lowest BCUT2D eigenvalue weighted by atomic mass is 10.0. The van der Waals surface area contributed by atoms with E-state index in [1.54, 1.807) is 0 Å². The summed E-state index contributed by atoms with van der Waals surface area (Å²) in [5.41, 5.74) is 0. The standard InChI is InChI=1S/C19H42NO/c1-4-5-6-7-8-9-10-11-12-13-14-15-16-17-20(2,3)18-19-21/h21H,4-19H2,1-3H3/q+1. The molecule has 0 bridgehead atoms. The van der Waals surface area contributed by atoms with Gasteiger partial charge in [0, 0.05) is 0 Å². The maximum absolute atomic E-state index is 8.99. The van der Waals surface area contributed by atoms with Crippen LogP contribution in [0.2, 0.25) is 0 Å². The average Bonchev–Trinajstić information content (AvgIpc) is 2.44. The van der Waals surface area contributed by atoms with E-state index < -0.39 is 0 Å². The maximum Gasteiger partial charge on any atom is 0.102 e. The fraction of sp³-hybridized carbons (Fsp3) is 1.00. The van der Waals surface area contributed by atoms with Gasteiger partial charge in [0.25, 0.3) is 0 Å². The van der Waals surface area contributed by atoms with Gasteiger partial charge in [-0.1, -0.05) is 77.6 Å². The van der Waals surface area contributed by atoms with Crippen molar-refractivity contribution in [1.82, 2.24) is 0 Å². The Labute approximate surface area is 134 Å². The van der Waals surface area contributed by atoms with Gasteiger partial charge < -0.3 is 9.59 Å². The van der Waals surface area contributed by atoms with Gasteiger partial charge in [-0.2, -0.15) is 0 Å². The third kappa shape index (κ3) is 16.1. The van der Waals surface area contributed by atoms with E-state index in [0.29, 0.717) is 6.61 Å². The zero-order chi connectivity index (χ0) is 15.8. The van der Waals surface area contributed by atoms with Gasteiger partial charge in [-0.25, -0.2) is 0 Å². The van der Waals surface area contributed by atoms with E-state index in [9.17, 15) is 0 Å². The van der Waals surface area contributed by atoms with Crippen molar-refractivity contribution in [2.24, 2.45) is 0 Å². The summed E-state index contributed by atoms with van der Waals surface area (Å²) in [5.74, 6) is 0. The number of quaternary nitrogens is 1. The molecule has 0 rings (SSSR count). The number of likely N-dealkylation sites (N-methyl/N-ethyl adjacent to an activating group) is 1. The van der Waals surface area contributed by atoms with Crippen LogP contribution in [0.25, 0.3) is 0 Å². The lowest BCUT2D eigenvalue weighted by Gasteiger charge is -2.28. The Morgan fingerprint density at radius 2 is 0.952 bits per heavy atom. The summed E-state index contributed by atoms with van der Waals surface area (Å²) in [6.45, 7) is 4.69. The molecule has 128 valence electrons. The van der Waals surface area contributed by atoms with Crippen LogP contribution in [0.15, 0.2) is 0 Å². The zero-order valence-corrected chi connectivity index (χ0v) is 15.2. The third-order valence-electron chi connectivity index (χ3n) is 4.57. The molecule has 0 aromatic heterocycles. The highest BCUT2D eigenvalue weighted by molar-refractivity contribution is 4.49. The number of nitrogens with zero attached hydrogens (tertiary/aromatic N) is 1. The highest BCUT2D eigenvalue weighted by Gasteiger charge is 2.12. The first-order valence-electron chi connectivity index (χ1n) is 9.55. The SMILES string of the molecule is CCCCCCCCCCCCCCC[N+](C)(C)CCO. The Balaban J connectivity index is 3.12. The lowest BCUT2D eigenvalue weighted by Crippen LogP contribution is -2.42.